The molecule has 3 N–H and O–H groups in total. The number of carbonyl (C=O) groups excluding carboxylic acids is 5. The number of rotatable bonds is 10. The van der Waals surface area contributed by atoms with Crippen molar-refractivity contribution in [2.45, 2.75) is 133 Å². The van der Waals surface area contributed by atoms with Crippen LogP contribution in [0.3, 0.4) is 0 Å². The van der Waals surface area contributed by atoms with Gasteiger partial charge in [0.05, 0.1) is 29.8 Å². The number of aromatic nitrogens is 8. The highest BCUT2D eigenvalue weighted by Crippen LogP contribution is 2.38. The van der Waals surface area contributed by atoms with Crippen molar-refractivity contribution < 1.29 is 24.0 Å². The number of nitrogens with one attached hydrogen (secondary N) is 3. The lowest BCUT2D eigenvalue weighted by Crippen LogP contribution is -2.42. The monoisotopic (exact) mass is 1020 g/mol. The van der Waals surface area contributed by atoms with Crippen LogP contribution in [-0.2, 0) is 14.4 Å². The van der Waals surface area contributed by atoms with Crippen LogP contribution in [0.4, 0.5) is 34.9 Å². The highest BCUT2D eigenvalue weighted by molar-refractivity contribution is 5.99. The number of carbonyl (C=O) groups is 5. The molecule has 5 amide bonds. The highest BCUT2D eigenvalue weighted by Gasteiger charge is 2.42. The summed E-state index contributed by atoms with van der Waals surface area (Å²) in [7, 11) is 7.06. The molecule has 4 atom stereocenters. The summed E-state index contributed by atoms with van der Waals surface area (Å²) in [6.45, 7) is 2.74. The maximum atomic E-state index is 13.0. The van der Waals surface area contributed by atoms with Crippen LogP contribution in [0.25, 0.3) is 22.1 Å². The molecule has 0 aromatic carbocycles. The molecular weight excluding hydrogens is 953 g/mol. The van der Waals surface area contributed by atoms with E-state index in [2.05, 4.69) is 45.0 Å². The van der Waals surface area contributed by atoms with Gasteiger partial charge in [-0.3, -0.25) is 24.0 Å². The number of pyridine rings is 2. The summed E-state index contributed by atoms with van der Waals surface area (Å²) in [6, 6.07) is 12.4. The van der Waals surface area contributed by atoms with E-state index in [0.717, 1.165) is 105 Å². The summed E-state index contributed by atoms with van der Waals surface area (Å²) in [5, 5.41) is 11.6. The molecule has 392 valence electrons. The average molecular weight is 1020 g/mol. The topological polar surface area (TPSA) is 225 Å². The van der Waals surface area contributed by atoms with E-state index < -0.39 is 0 Å². The van der Waals surface area contributed by atoms with Crippen LogP contribution in [-0.4, -0.2) is 149 Å². The quantitative estimate of drug-likeness (QED) is 0.129. The van der Waals surface area contributed by atoms with Gasteiger partial charge in [0.1, 0.15) is 34.3 Å². The molecule has 4 saturated heterocycles. The molecule has 4 aliphatic heterocycles. The number of hydrogen-bond donors (Lipinski definition) is 3. The molecule has 4 bridgehead atoms. The first kappa shape index (κ1) is 49.7. The molecule has 0 radical (unpaired) electrons. The Kier molecular flexibility index (Phi) is 13.7. The summed E-state index contributed by atoms with van der Waals surface area (Å²) in [4.78, 5) is 100. The molecule has 2 saturated carbocycles. The molecule has 6 aromatic rings. The van der Waals surface area contributed by atoms with Crippen LogP contribution >= 0.6 is 0 Å². The smallest absolute Gasteiger partial charge is 0.270 e. The normalized spacial score (nSPS) is 21.9. The lowest BCUT2D eigenvalue weighted by molar-refractivity contribution is -0.131. The van der Waals surface area contributed by atoms with E-state index in [0.29, 0.717) is 78.6 Å². The van der Waals surface area contributed by atoms with Gasteiger partial charge in [0.25, 0.3) is 11.8 Å². The van der Waals surface area contributed by atoms with Gasteiger partial charge in [0, 0.05) is 114 Å². The van der Waals surface area contributed by atoms with E-state index in [1.807, 2.05) is 40.1 Å². The van der Waals surface area contributed by atoms with E-state index in [1.165, 1.54) is 0 Å². The third kappa shape index (κ3) is 9.96. The van der Waals surface area contributed by atoms with Crippen molar-refractivity contribution in [1.82, 2.24) is 59.1 Å². The first-order chi connectivity index (χ1) is 36.3. The predicted molar refractivity (Wildman–Crippen MR) is 284 cm³/mol. The van der Waals surface area contributed by atoms with Gasteiger partial charge < -0.3 is 49.6 Å². The molecular formula is C54H66N16O5. The van der Waals surface area contributed by atoms with Crippen molar-refractivity contribution in [3.63, 3.8) is 0 Å². The van der Waals surface area contributed by atoms with Gasteiger partial charge in [-0.1, -0.05) is 25.7 Å². The third-order valence-corrected chi connectivity index (χ3v) is 15.9. The zero-order valence-corrected chi connectivity index (χ0v) is 43.4. The van der Waals surface area contributed by atoms with Crippen molar-refractivity contribution in [2.75, 3.05) is 61.7 Å². The summed E-state index contributed by atoms with van der Waals surface area (Å²) < 4.78 is 4.18. The van der Waals surface area contributed by atoms with Crippen LogP contribution < -0.4 is 25.8 Å². The van der Waals surface area contributed by atoms with E-state index >= 15 is 0 Å². The van der Waals surface area contributed by atoms with Crippen molar-refractivity contribution in [2.24, 2.45) is 0 Å². The molecule has 21 nitrogen and oxygen atoms in total. The van der Waals surface area contributed by atoms with Crippen molar-refractivity contribution in [3.05, 3.63) is 72.6 Å². The second kappa shape index (κ2) is 20.6. The maximum Gasteiger partial charge on any atom is 0.270 e. The third-order valence-electron chi connectivity index (χ3n) is 15.9. The molecule has 0 spiro atoms. The van der Waals surface area contributed by atoms with Gasteiger partial charge in [-0.2, -0.15) is 9.97 Å². The number of anilines is 6. The number of nitrogens with zero attached hydrogens (tertiary/aromatic N) is 13. The zero-order chi connectivity index (χ0) is 52.1. The summed E-state index contributed by atoms with van der Waals surface area (Å²) in [6.07, 6.45) is 20.4. The Morgan fingerprint density at radius 1 is 0.560 bits per heavy atom. The fourth-order valence-corrected chi connectivity index (χ4v) is 12.3. The lowest BCUT2D eigenvalue weighted by Gasteiger charge is -2.27. The molecule has 0 unspecified atom stereocenters. The lowest BCUT2D eigenvalue weighted by atomic mass is 10.1. The molecule has 75 heavy (non-hydrogen) atoms. The molecule has 12 rings (SSSR count). The van der Waals surface area contributed by atoms with Crippen molar-refractivity contribution in [3.8, 4) is 0 Å². The van der Waals surface area contributed by atoms with E-state index in [1.54, 1.807) is 80.7 Å². The maximum absolute atomic E-state index is 13.0. The predicted octanol–water partition coefficient (Wildman–Crippen LogP) is 6.75. The zero-order valence-electron chi connectivity index (χ0n) is 43.4. The fraction of sp³-hybridized carbons (Fsp3) is 0.500. The Bertz CT molecular complexity index is 3140. The number of hydrogen-bond acceptors (Lipinski definition) is 14. The second-order valence-corrected chi connectivity index (χ2v) is 21.4. The Hall–Kier alpha value is -7.55. The van der Waals surface area contributed by atoms with Crippen molar-refractivity contribution >= 4 is 86.5 Å². The van der Waals surface area contributed by atoms with Gasteiger partial charge >= 0.3 is 0 Å². The standard InChI is InChI=1S/C28H34N8O3.C26H32N8O2/c1-17(37)35-20-8-9-22(35)16-34(25(38)13-20)21-10-11-24(29-15-21)31-28-30-14-18-12-23(27(39)33(2)3)36(26(18)32-28)19-6-4-5-7-19;1-32(2)25(36)21-11-16-13-28-26(31-24(16)34(21)19-5-3-4-6-19)30-22-10-9-20(14-27-22)33-15-18-8-7-17(29-18)12-23(33)35/h10-12,14-15,19-20,22H,4-9,13,16H2,1-3H3,(H,29,30,31,32);9-11,13-14,17-19,29H,3-8,12,15H2,1-2H3,(H,27,28,30,31)/t20-,22+;17-,18+/m11/s1. The molecule has 21 heteroatoms. The van der Waals surface area contributed by atoms with E-state index in [9.17, 15) is 24.0 Å². The fourth-order valence-electron chi connectivity index (χ4n) is 12.3. The van der Waals surface area contributed by atoms with Crippen LogP contribution in [0.2, 0.25) is 0 Å². The van der Waals surface area contributed by atoms with Gasteiger partial charge in [0.2, 0.25) is 29.6 Å². The van der Waals surface area contributed by atoms with E-state index in [-0.39, 0.29) is 53.7 Å². The average Bonchev–Trinajstić information content (AvgIpc) is 4.28. The van der Waals surface area contributed by atoms with Gasteiger partial charge in [-0.15, -0.1) is 0 Å². The second-order valence-electron chi connectivity index (χ2n) is 21.4. The summed E-state index contributed by atoms with van der Waals surface area (Å²) in [5.41, 5.74) is 4.30. The van der Waals surface area contributed by atoms with E-state index in [4.69, 9.17) is 9.97 Å². The summed E-state index contributed by atoms with van der Waals surface area (Å²) in [5.74, 6) is 2.08. The van der Waals surface area contributed by atoms with Gasteiger partial charge in [0.15, 0.2) is 0 Å². The SMILES string of the molecule is CC(=O)N1[C@@H]2CC[C@H]1CN(c1ccc(Nc3ncc4cc(C(=O)N(C)C)n(C5CCCC5)c4n3)nc1)C(=O)C2.CN(C)C(=O)c1cc2cnc(Nc3ccc(N4C[C@@H]5CC[C@H](CC4=O)N5)cn3)nc2n1C1CCCC1. The minimum atomic E-state index is -0.0469. The van der Waals surface area contributed by atoms with Crippen LogP contribution in [0.15, 0.2) is 61.2 Å². The van der Waals surface area contributed by atoms with Crippen LogP contribution in [0, 0.1) is 0 Å². The highest BCUT2D eigenvalue weighted by atomic mass is 16.2. The minimum absolute atomic E-state index is 0.0114. The Morgan fingerprint density at radius 2 is 1.04 bits per heavy atom. The van der Waals surface area contributed by atoms with Gasteiger partial charge in [-0.25, -0.2) is 19.9 Å². The van der Waals surface area contributed by atoms with Crippen LogP contribution in [0.5, 0.6) is 0 Å². The summed E-state index contributed by atoms with van der Waals surface area (Å²) >= 11 is 0. The van der Waals surface area contributed by atoms with Crippen LogP contribution in [0.1, 0.15) is 130 Å². The minimum Gasteiger partial charge on any atom is -0.343 e. The molecule has 2 aliphatic carbocycles. The van der Waals surface area contributed by atoms with Gasteiger partial charge in [-0.05, 0) is 87.8 Å². The number of fused-ring (bicyclic) bond motifs is 6. The molecule has 6 fully saturated rings. The first-order valence-electron chi connectivity index (χ1n) is 26.6. The number of amides is 5. The Balaban J connectivity index is 0.000000161. The van der Waals surface area contributed by atoms with Crippen molar-refractivity contribution in [1.29, 1.82) is 0 Å². The molecule has 6 aliphatic rings. The molecule has 6 aromatic heterocycles. The Morgan fingerprint density at radius 3 is 1.52 bits per heavy atom. The first-order valence-corrected chi connectivity index (χ1v) is 26.6. The molecule has 10 heterocycles. The Labute approximate surface area is 435 Å². The largest absolute Gasteiger partial charge is 0.343 e.